The summed E-state index contributed by atoms with van der Waals surface area (Å²) in [6.07, 6.45) is 2.13. The number of esters is 1. The monoisotopic (exact) mass is 266 g/mol. The summed E-state index contributed by atoms with van der Waals surface area (Å²) in [6.45, 7) is -0.0244. The van der Waals surface area contributed by atoms with Gasteiger partial charge in [0.15, 0.2) is 0 Å². The van der Waals surface area contributed by atoms with Gasteiger partial charge < -0.3 is 15.8 Å². The van der Waals surface area contributed by atoms with Crippen molar-refractivity contribution in [2.45, 2.75) is 25.3 Å². The zero-order chi connectivity index (χ0) is 13.8. The van der Waals surface area contributed by atoms with Crippen LogP contribution in [0.25, 0.3) is 0 Å². The average molecular weight is 266 g/mol. The summed E-state index contributed by atoms with van der Waals surface area (Å²) in [4.78, 5) is 22.9. The van der Waals surface area contributed by atoms with Crippen LogP contribution in [0.3, 0.4) is 0 Å². The summed E-state index contributed by atoms with van der Waals surface area (Å²) in [5.41, 5.74) is 5.35. The highest BCUT2D eigenvalue weighted by atomic mass is 19.1. The van der Waals surface area contributed by atoms with E-state index in [0.717, 1.165) is 18.9 Å². The van der Waals surface area contributed by atoms with Crippen molar-refractivity contribution in [3.8, 4) is 0 Å². The number of ether oxygens (including phenoxy) is 1. The summed E-state index contributed by atoms with van der Waals surface area (Å²) in [5, 5.41) is 2.78. The minimum Gasteiger partial charge on any atom is -0.462 e. The molecule has 0 radical (unpaired) electrons. The zero-order valence-corrected chi connectivity index (χ0v) is 10.3. The molecule has 1 aromatic rings. The maximum absolute atomic E-state index is 13.1. The fourth-order valence-electron chi connectivity index (χ4n) is 1.50. The Hall–Kier alpha value is -2.11. The Bertz CT molecular complexity index is 501. The summed E-state index contributed by atoms with van der Waals surface area (Å²) >= 11 is 0. The van der Waals surface area contributed by atoms with Crippen molar-refractivity contribution in [1.82, 2.24) is 5.32 Å². The summed E-state index contributed by atoms with van der Waals surface area (Å²) < 4.78 is 18.0. The molecule has 0 unspecified atom stereocenters. The number of benzene rings is 1. The quantitative estimate of drug-likeness (QED) is 0.620. The van der Waals surface area contributed by atoms with Crippen molar-refractivity contribution in [3.05, 3.63) is 29.6 Å². The number of hydrogen-bond acceptors (Lipinski definition) is 4. The maximum atomic E-state index is 13.1. The van der Waals surface area contributed by atoms with Crippen molar-refractivity contribution in [3.63, 3.8) is 0 Å². The highest BCUT2D eigenvalue weighted by Crippen LogP contribution is 2.18. The van der Waals surface area contributed by atoms with E-state index in [1.807, 2.05) is 0 Å². The number of anilines is 1. The average Bonchev–Trinajstić information content (AvgIpc) is 3.16. The molecule has 1 aliphatic carbocycles. The first-order valence-corrected chi connectivity index (χ1v) is 6.08. The van der Waals surface area contributed by atoms with Crippen molar-refractivity contribution in [1.29, 1.82) is 0 Å². The zero-order valence-electron chi connectivity index (χ0n) is 10.3. The van der Waals surface area contributed by atoms with Crippen LogP contribution in [-0.4, -0.2) is 24.5 Å². The lowest BCUT2D eigenvalue weighted by Crippen LogP contribution is -2.26. The fourth-order valence-corrected chi connectivity index (χ4v) is 1.50. The van der Waals surface area contributed by atoms with E-state index < -0.39 is 11.8 Å². The van der Waals surface area contributed by atoms with E-state index in [-0.39, 0.29) is 36.2 Å². The first-order chi connectivity index (χ1) is 9.06. The molecule has 2 rings (SSSR count). The van der Waals surface area contributed by atoms with Gasteiger partial charge in [-0.15, -0.1) is 0 Å². The molecular weight excluding hydrogens is 251 g/mol. The molecule has 1 aromatic carbocycles. The van der Waals surface area contributed by atoms with Crippen LogP contribution in [0.15, 0.2) is 18.2 Å². The Balaban J connectivity index is 1.76. The Kier molecular flexibility index (Phi) is 3.99. The SMILES string of the molecule is Nc1ccc(C(=O)OCCC(=O)NC2CC2)cc1F. The molecule has 0 atom stereocenters. The lowest BCUT2D eigenvalue weighted by molar-refractivity contribution is -0.121. The van der Waals surface area contributed by atoms with Crippen LogP contribution in [-0.2, 0) is 9.53 Å². The number of nitrogens with one attached hydrogen (secondary N) is 1. The Morgan fingerprint density at radius 3 is 2.79 bits per heavy atom. The number of rotatable bonds is 5. The number of carbonyl (C=O) groups excluding carboxylic acids is 2. The lowest BCUT2D eigenvalue weighted by atomic mass is 10.2. The third-order valence-electron chi connectivity index (χ3n) is 2.74. The van der Waals surface area contributed by atoms with Gasteiger partial charge in [-0.05, 0) is 31.0 Å². The fraction of sp³-hybridized carbons (Fsp3) is 0.385. The standard InChI is InChI=1S/C13H15FN2O3/c14-10-7-8(1-4-11(10)15)13(18)19-6-5-12(17)16-9-2-3-9/h1,4,7,9H,2-3,5-6,15H2,(H,16,17). The second-order valence-electron chi connectivity index (χ2n) is 4.46. The van der Waals surface area contributed by atoms with Crippen molar-refractivity contribution in [2.75, 3.05) is 12.3 Å². The summed E-state index contributed by atoms with van der Waals surface area (Å²) in [5.74, 6) is -1.47. The smallest absolute Gasteiger partial charge is 0.338 e. The molecule has 0 saturated heterocycles. The second-order valence-corrected chi connectivity index (χ2v) is 4.46. The maximum Gasteiger partial charge on any atom is 0.338 e. The summed E-state index contributed by atoms with van der Waals surface area (Å²) in [7, 11) is 0. The molecule has 5 nitrogen and oxygen atoms in total. The number of nitrogen functional groups attached to an aromatic ring is 1. The van der Waals surface area contributed by atoms with Crippen LogP contribution < -0.4 is 11.1 Å². The lowest BCUT2D eigenvalue weighted by Gasteiger charge is -2.06. The number of amides is 1. The molecule has 19 heavy (non-hydrogen) atoms. The molecule has 0 bridgehead atoms. The van der Waals surface area contributed by atoms with Gasteiger partial charge in [-0.25, -0.2) is 9.18 Å². The van der Waals surface area contributed by atoms with Gasteiger partial charge in [0.25, 0.3) is 0 Å². The minimum atomic E-state index is -0.668. The van der Waals surface area contributed by atoms with E-state index in [1.54, 1.807) is 0 Å². The van der Waals surface area contributed by atoms with E-state index in [0.29, 0.717) is 0 Å². The topological polar surface area (TPSA) is 81.4 Å². The van der Waals surface area contributed by atoms with Gasteiger partial charge in [-0.2, -0.15) is 0 Å². The Morgan fingerprint density at radius 1 is 1.42 bits per heavy atom. The predicted octanol–water partition coefficient (Wildman–Crippen LogP) is 1.23. The van der Waals surface area contributed by atoms with Gasteiger partial charge in [0.05, 0.1) is 17.7 Å². The minimum absolute atomic E-state index is 0.0244. The molecule has 0 aliphatic heterocycles. The number of carbonyl (C=O) groups is 2. The molecule has 3 N–H and O–H groups in total. The van der Waals surface area contributed by atoms with E-state index in [2.05, 4.69) is 5.32 Å². The molecule has 6 heteroatoms. The van der Waals surface area contributed by atoms with E-state index in [4.69, 9.17) is 10.5 Å². The highest BCUT2D eigenvalue weighted by molar-refractivity contribution is 5.90. The van der Waals surface area contributed by atoms with E-state index >= 15 is 0 Å². The molecule has 1 fully saturated rings. The third-order valence-corrected chi connectivity index (χ3v) is 2.74. The Morgan fingerprint density at radius 2 is 2.16 bits per heavy atom. The number of halogens is 1. The first kappa shape index (κ1) is 13.3. The highest BCUT2D eigenvalue weighted by Gasteiger charge is 2.23. The van der Waals surface area contributed by atoms with Crippen molar-refractivity contribution in [2.24, 2.45) is 0 Å². The largest absolute Gasteiger partial charge is 0.462 e. The van der Waals surface area contributed by atoms with Gasteiger partial charge >= 0.3 is 5.97 Å². The van der Waals surface area contributed by atoms with Crippen molar-refractivity contribution >= 4 is 17.6 Å². The van der Waals surface area contributed by atoms with Gasteiger partial charge in [-0.3, -0.25) is 4.79 Å². The molecule has 102 valence electrons. The van der Waals surface area contributed by atoms with Crippen LogP contribution in [0.2, 0.25) is 0 Å². The van der Waals surface area contributed by atoms with Crippen LogP contribution >= 0.6 is 0 Å². The molecule has 0 heterocycles. The number of hydrogen-bond donors (Lipinski definition) is 2. The second kappa shape index (κ2) is 5.69. The van der Waals surface area contributed by atoms with Crippen LogP contribution in [0.4, 0.5) is 10.1 Å². The molecular formula is C13H15FN2O3. The molecule has 1 amide bonds. The van der Waals surface area contributed by atoms with E-state index in [9.17, 15) is 14.0 Å². The van der Waals surface area contributed by atoms with Gasteiger partial charge in [0.1, 0.15) is 12.4 Å². The predicted molar refractivity (Wildman–Crippen MR) is 66.9 cm³/mol. The first-order valence-electron chi connectivity index (χ1n) is 6.08. The Labute approximate surface area is 109 Å². The molecule has 1 aliphatic rings. The van der Waals surface area contributed by atoms with Crippen LogP contribution in [0, 0.1) is 5.82 Å². The van der Waals surface area contributed by atoms with Gasteiger partial charge in [-0.1, -0.05) is 0 Å². The molecule has 1 saturated carbocycles. The van der Waals surface area contributed by atoms with Gasteiger partial charge in [0.2, 0.25) is 5.91 Å². The third kappa shape index (κ3) is 3.94. The normalized spacial score (nSPS) is 13.9. The molecule has 0 spiro atoms. The van der Waals surface area contributed by atoms with Crippen molar-refractivity contribution < 1.29 is 18.7 Å². The van der Waals surface area contributed by atoms with E-state index in [1.165, 1.54) is 12.1 Å². The molecule has 0 aromatic heterocycles. The van der Waals surface area contributed by atoms with Crippen LogP contribution in [0.1, 0.15) is 29.6 Å². The number of nitrogens with two attached hydrogens (primary N) is 1. The van der Waals surface area contributed by atoms with Crippen LogP contribution in [0.5, 0.6) is 0 Å². The van der Waals surface area contributed by atoms with Gasteiger partial charge in [0, 0.05) is 6.04 Å². The summed E-state index contributed by atoms with van der Waals surface area (Å²) in [6, 6.07) is 3.98.